The van der Waals surface area contributed by atoms with Crippen molar-refractivity contribution in [1.82, 2.24) is 19.7 Å². The molecular weight excluding hydrogens is 532 g/mol. The van der Waals surface area contributed by atoms with Crippen LogP contribution in [0.3, 0.4) is 0 Å². The van der Waals surface area contributed by atoms with Crippen LogP contribution in [0.2, 0.25) is 0 Å². The van der Waals surface area contributed by atoms with E-state index in [2.05, 4.69) is 10.8 Å². The minimum Gasteiger partial charge on any atom is -0.351 e. The van der Waals surface area contributed by atoms with Gasteiger partial charge < -0.3 is 15.0 Å². The molecule has 1 aliphatic heterocycles. The van der Waals surface area contributed by atoms with Gasteiger partial charge in [-0.2, -0.15) is 0 Å². The van der Waals surface area contributed by atoms with Crippen LogP contribution in [0.1, 0.15) is 35.2 Å². The van der Waals surface area contributed by atoms with Gasteiger partial charge in [0.2, 0.25) is 0 Å². The van der Waals surface area contributed by atoms with Crippen molar-refractivity contribution in [3.63, 3.8) is 0 Å². The van der Waals surface area contributed by atoms with E-state index in [1.807, 2.05) is 31.1 Å². The monoisotopic (exact) mass is 566 g/mol. The maximum absolute atomic E-state index is 13.1. The number of nitrogens with zero attached hydrogens (tertiary/aromatic N) is 2. The molecule has 11 heteroatoms. The van der Waals surface area contributed by atoms with Gasteiger partial charge in [-0.15, -0.1) is 0 Å². The molecule has 212 valence electrons. The molecule has 0 spiro atoms. The second-order valence-corrected chi connectivity index (χ2v) is 11.5. The molecule has 2 N–H and O–H groups in total. The minimum absolute atomic E-state index is 0.123. The summed E-state index contributed by atoms with van der Waals surface area (Å²) in [7, 11) is 0.0585. The standard InChI is InChI=1S/C29H34N4O6S/c1-32(2)19-17-30-29(35)25-9-7-23(8-10-25)24-11-13-26(14-12-24)40(36,37)33-18-16-22(21-33)6-15-27(34)31-39-28-5-3-4-20-38-28/h6-16,18,21,28H,3-5,17,19-20H2,1-2H3,(H,30,35)(H,31,34). The number of ether oxygens (including phenoxy) is 1. The van der Waals surface area contributed by atoms with Gasteiger partial charge in [-0.05, 0) is 80.0 Å². The van der Waals surface area contributed by atoms with Crippen LogP contribution in [0.25, 0.3) is 17.2 Å². The number of rotatable bonds is 11. The molecule has 40 heavy (non-hydrogen) atoms. The van der Waals surface area contributed by atoms with Gasteiger partial charge in [0.25, 0.3) is 21.8 Å². The second-order valence-electron chi connectivity index (χ2n) is 9.65. The fraction of sp³-hybridized carbons (Fsp3) is 0.310. The number of benzene rings is 2. The summed E-state index contributed by atoms with van der Waals surface area (Å²) in [5.74, 6) is -0.614. The maximum Gasteiger partial charge on any atom is 0.267 e. The summed E-state index contributed by atoms with van der Waals surface area (Å²) in [6.07, 6.45) is 7.85. The number of nitrogens with one attached hydrogen (secondary N) is 2. The highest BCUT2D eigenvalue weighted by atomic mass is 32.2. The Bertz CT molecular complexity index is 1420. The van der Waals surface area contributed by atoms with Crippen molar-refractivity contribution in [3.05, 3.63) is 84.2 Å². The lowest BCUT2D eigenvalue weighted by molar-refractivity contribution is -0.198. The van der Waals surface area contributed by atoms with Gasteiger partial charge >= 0.3 is 0 Å². The van der Waals surface area contributed by atoms with E-state index in [1.54, 1.807) is 42.5 Å². The van der Waals surface area contributed by atoms with E-state index >= 15 is 0 Å². The van der Waals surface area contributed by atoms with Crippen molar-refractivity contribution in [3.8, 4) is 11.1 Å². The Kier molecular flexibility index (Phi) is 9.88. The molecule has 0 aliphatic carbocycles. The molecule has 3 aromatic rings. The summed E-state index contributed by atoms with van der Waals surface area (Å²) in [5, 5.41) is 2.88. The van der Waals surface area contributed by atoms with E-state index in [9.17, 15) is 18.0 Å². The molecule has 4 rings (SSSR count). The average Bonchev–Trinajstić information content (AvgIpc) is 3.46. The van der Waals surface area contributed by atoms with E-state index in [4.69, 9.17) is 9.57 Å². The number of carbonyl (C=O) groups is 2. The Balaban J connectivity index is 1.35. The summed E-state index contributed by atoms with van der Waals surface area (Å²) in [4.78, 5) is 31.7. The lowest BCUT2D eigenvalue weighted by Gasteiger charge is -2.21. The minimum atomic E-state index is -3.83. The molecule has 1 atom stereocenters. The fourth-order valence-corrected chi connectivity index (χ4v) is 5.23. The molecule has 1 unspecified atom stereocenters. The predicted octanol–water partition coefficient (Wildman–Crippen LogP) is 3.27. The van der Waals surface area contributed by atoms with Gasteiger partial charge in [-0.3, -0.25) is 9.59 Å². The Morgan fingerprint density at radius 1 is 1.05 bits per heavy atom. The van der Waals surface area contributed by atoms with Gasteiger partial charge in [0.05, 0.1) is 4.90 Å². The number of hydroxylamine groups is 1. The number of carbonyl (C=O) groups excluding carboxylic acids is 2. The molecular formula is C29H34N4O6S. The van der Waals surface area contributed by atoms with Gasteiger partial charge in [0, 0.05) is 50.2 Å². The molecule has 0 bridgehead atoms. The van der Waals surface area contributed by atoms with Crippen LogP contribution in [0.4, 0.5) is 0 Å². The Morgan fingerprint density at radius 2 is 1.75 bits per heavy atom. The maximum atomic E-state index is 13.1. The van der Waals surface area contributed by atoms with Gasteiger partial charge in [0.1, 0.15) is 0 Å². The van der Waals surface area contributed by atoms with Gasteiger partial charge in [-0.25, -0.2) is 22.7 Å². The molecule has 0 saturated carbocycles. The third-order valence-corrected chi connectivity index (χ3v) is 7.95. The fourth-order valence-electron chi connectivity index (χ4n) is 4.02. The van der Waals surface area contributed by atoms with E-state index in [0.717, 1.165) is 34.5 Å². The highest BCUT2D eigenvalue weighted by Gasteiger charge is 2.17. The third-order valence-electron chi connectivity index (χ3n) is 6.30. The van der Waals surface area contributed by atoms with Gasteiger partial charge in [0.15, 0.2) is 6.29 Å². The van der Waals surface area contributed by atoms with E-state index in [1.165, 1.54) is 24.5 Å². The molecule has 10 nitrogen and oxygen atoms in total. The van der Waals surface area contributed by atoms with Crippen molar-refractivity contribution in [1.29, 1.82) is 0 Å². The predicted molar refractivity (Wildman–Crippen MR) is 152 cm³/mol. The SMILES string of the molecule is CN(C)CCNC(=O)c1ccc(-c2ccc(S(=O)(=O)n3ccc(C=CC(=O)NOC4CCCCO4)c3)cc2)cc1. The summed E-state index contributed by atoms with van der Waals surface area (Å²) in [6.45, 7) is 1.92. The Hall–Kier alpha value is -3.77. The zero-order valence-corrected chi connectivity index (χ0v) is 23.4. The first kappa shape index (κ1) is 29.2. The highest BCUT2D eigenvalue weighted by molar-refractivity contribution is 7.90. The van der Waals surface area contributed by atoms with Crippen molar-refractivity contribution >= 4 is 27.9 Å². The average molecular weight is 567 g/mol. The summed E-state index contributed by atoms with van der Waals surface area (Å²) in [6, 6.07) is 15.3. The zero-order valence-electron chi connectivity index (χ0n) is 22.6. The van der Waals surface area contributed by atoms with Crippen LogP contribution < -0.4 is 10.8 Å². The van der Waals surface area contributed by atoms with Crippen LogP contribution in [0.15, 0.2) is 78.0 Å². The van der Waals surface area contributed by atoms with E-state index in [-0.39, 0.29) is 10.8 Å². The molecule has 1 fully saturated rings. The molecule has 1 aliphatic rings. The number of likely N-dealkylation sites (N-methyl/N-ethyl adjacent to an activating group) is 1. The molecule has 1 saturated heterocycles. The van der Waals surface area contributed by atoms with Crippen LogP contribution in [0.5, 0.6) is 0 Å². The summed E-state index contributed by atoms with van der Waals surface area (Å²) >= 11 is 0. The molecule has 2 aromatic carbocycles. The Labute approximate surface area is 234 Å². The first-order valence-electron chi connectivity index (χ1n) is 13.0. The number of amides is 2. The lowest BCUT2D eigenvalue weighted by atomic mass is 10.0. The van der Waals surface area contributed by atoms with Crippen molar-refractivity contribution < 1.29 is 27.6 Å². The van der Waals surface area contributed by atoms with Crippen LogP contribution in [-0.2, 0) is 24.4 Å². The Morgan fingerprint density at radius 3 is 2.40 bits per heavy atom. The van der Waals surface area contributed by atoms with Crippen molar-refractivity contribution in [2.45, 2.75) is 30.4 Å². The quantitative estimate of drug-likeness (QED) is 0.270. The zero-order chi connectivity index (χ0) is 28.5. The number of hydrogen-bond acceptors (Lipinski definition) is 7. The summed E-state index contributed by atoms with van der Waals surface area (Å²) in [5.41, 5.74) is 5.10. The molecule has 2 heterocycles. The van der Waals surface area contributed by atoms with Crippen LogP contribution in [-0.4, -0.2) is 69.2 Å². The molecule has 0 radical (unpaired) electrons. The first-order valence-corrected chi connectivity index (χ1v) is 14.5. The van der Waals surface area contributed by atoms with Crippen molar-refractivity contribution in [2.75, 3.05) is 33.8 Å². The topological polar surface area (TPSA) is 119 Å². The van der Waals surface area contributed by atoms with Crippen LogP contribution >= 0.6 is 0 Å². The third kappa shape index (κ3) is 7.89. The highest BCUT2D eigenvalue weighted by Crippen LogP contribution is 2.23. The smallest absolute Gasteiger partial charge is 0.267 e. The second kappa shape index (κ2) is 13.5. The number of hydrogen-bond donors (Lipinski definition) is 2. The van der Waals surface area contributed by atoms with Crippen molar-refractivity contribution in [2.24, 2.45) is 0 Å². The lowest BCUT2D eigenvalue weighted by Crippen LogP contribution is -2.32. The van der Waals surface area contributed by atoms with Gasteiger partial charge in [-0.1, -0.05) is 24.3 Å². The van der Waals surface area contributed by atoms with Crippen LogP contribution in [0, 0.1) is 0 Å². The first-order chi connectivity index (χ1) is 19.2. The largest absolute Gasteiger partial charge is 0.351 e. The van der Waals surface area contributed by atoms with E-state index < -0.39 is 22.2 Å². The van der Waals surface area contributed by atoms with E-state index in [0.29, 0.717) is 30.7 Å². The summed E-state index contributed by atoms with van der Waals surface area (Å²) < 4.78 is 32.8. The molecule has 1 aromatic heterocycles. The number of aromatic nitrogens is 1. The molecule has 2 amide bonds. The normalized spacial score (nSPS) is 15.8.